The highest BCUT2D eigenvalue weighted by Gasteiger charge is 2.35. The average Bonchev–Trinajstić information content (AvgIpc) is 2.36. The Morgan fingerprint density at radius 3 is 2.74 bits per heavy atom. The Balaban J connectivity index is 3.03. The summed E-state index contributed by atoms with van der Waals surface area (Å²) in [6.07, 6.45) is 2.69. The first-order chi connectivity index (χ1) is 9.02. The second-order valence-electron chi connectivity index (χ2n) is 3.93. The van der Waals surface area contributed by atoms with Gasteiger partial charge in [0.05, 0.1) is 12.3 Å². The molecule has 1 saturated heterocycles. The van der Waals surface area contributed by atoms with Gasteiger partial charge in [0.2, 0.25) is 0 Å². The first kappa shape index (κ1) is 14.9. The van der Waals surface area contributed by atoms with Gasteiger partial charge in [0, 0.05) is 7.05 Å². The molecule has 19 heavy (non-hydrogen) atoms. The van der Waals surface area contributed by atoms with E-state index in [2.05, 4.69) is 17.4 Å². The van der Waals surface area contributed by atoms with Crippen molar-refractivity contribution in [2.75, 3.05) is 13.7 Å². The van der Waals surface area contributed by atoms with Gasteiger partial charge in [-0.15, -0.1) is 6.58 Å². The molecule has 1 heterocycles. The van der Waals surface area contributed by atoms with Crippen molar-refractivity contribution in [1.29, 1.82) is 0 Å². The maximum absolute atomic E-state index is 12.0. The van der Waals surface area contributed by atoms with E-state index in [4.69, 9.17) is 4.84 Å². The summed E-state index contributed by atoms with van der Waals surface area (Å²) < 4.78 is 0. The molecule has 104 valence electrons. The summed E-state index contributed by atoms with van der Waals surface area (Å²) in [4.78, 5) is 40.9. The molecular weight excluding hydrogens is 250 g/mol. The fourth-order valence-electron chi connectivity index (χ4n) is 1.53. The smallest absolute Gasteiger partial charge is 0.273 e. The molecular formula is C12H17N3O4. The largest absolute Gasteiger partial charge is 0.331 e. The van der Waals surface area contributed by atoms with E-state index in [1.165, 1.54) is 13.1 Å². The lowest BCUT2D eigenvalue weighted by molar-refractivity contribution is -0.129. The molecule has 1 fully saturated rings. The molecule has 1 aliphatic rings. The fraction of sp³-hybridized carbons (Fsp3) is 0.417. The number of carbonyl (C=O) groups excluding carboxylic acids is 3. The Morgan fingerprint density at radius 2 is 2.16 bits per heavy atom. The lowest BCUT2D eigenvalue weighted by Gasteiger charge is -2.24. The molecule has 0 aromatic heterocycles. The molecule has 7 heteroatoms. The van der Waals surface area contributed by atoms with Gasteiger partial charge < -0.3 is 0 Å². The minimum atomic E-state index is -0.735. The lowest BCUT2D eigenvalue weighted by Crippen LogP contribution is -2.53. The Labute approximate surface area is 111 Å². The van der Waals surface area contributed by atoms with Crippen molar-refractivity contribution >= 4 is 17.8 Å². The van der Waals surface area contributed by atoms with E-state index in [1.54, 1.807) is 0 Å². The van der Waals surface area contributed by atoms with Crippen LogP contribution < -0.4 is 10.8 Å². The summed E-state index contributed by atoms with van der Waals surface area (Å²) >= 11 is 0. The lowest BCUT2D eigenvalue weighted by atomic mass is 10.1. The van der Waals surface area contributed by atoms with Crippen LogP contribution in [0.3, 0.4) is 0 Å². The molecule has 1 aliphatic heterocycles. The van der Waals surface area contributed by atoms with Gasteiger partial charge in [-0.25, -0.2) is 4.79 Å². The molecule has 0 atom stereocenters. The summed E-state index contributed by atoms with van der Waals surface area (Å²) in [6, 6.07) is -0.735. The predicted octanol–water partition coefficient (Wildman–Crippen LogP) is 0.456. The van der Waals surface area contributed by atoms with Crippen molar-refractivity contribution in [3.8, 4) is 0 Å². The predicted molar refractivity (Wildman–Crippen MR) is 67.5 cm³/mol. The molecule has 0 aromatic carbocycles. The van der Waals surface area contributed by atoms with E-state index < -0.39 is 17.8 Å². The molecule has 0 bridgehead atoms. The molecule has 2 N–H and O–H groups in total. The first-order valence-electron chi connectivity index (χ1n) is 5.88. The van der Waals surface area contributed by atoms with Gasteiger partial charge in [0.25, 0.3) is 11.8 Å². The topological polar surface area (TPSA) is 87.7 Å². The minimum absolute atomic E-state index is 0.104. The Hall–Kier alpha value is -2.15. The van der Waals surface area contributed by atoms with Gasteiger partial charge in [-0.3, -0.25) is 30.1 Å². The zero-order valence-corrected chi connectivity index (χ0v) is 11.0. The average molecular weight is 267 g/mol. The third-order valence-corrected chi connectivity index (χ3v) is 2.47. The highest BCUT2D eigenvalue weighted by molar-refractivity contribution is 6.29. The first-order valence-corrected chi connectivity index (χ1v) is 5.88. The van der Waals surface area contributed by atoms with Crippen molar-refractivity contribution in [2.24, 2.45) is 0 Å². The van der Waals surface area contributed by atoms with Crippen molar-refractivity contribution in [3.05, 3.63) is 23.9 Å². The Bertz CT molecular complexity index is 442. The highest BCUT2D eigenvalue weighted by atomic mass is 16.6. The summed E-state index contributed by atoms with van der Waals surface area (Å²) in [6.45, 7) is 5.61. The van der Waals surface area contributed by atoms with Crippen LogP contribution in [0.5, 0.6) is 0 Å². The molecule has 0 unspecified atom stereocenters. The number of likely N-dealkylation sites (N-methyl/N-ethyl adjacent to an activating group) is 1. The van der Waals surface area contributed by atoms with Gasteiger partial charge in [-0.05, 0) is 6.42 Å². The van der Waals surface area contributed by atoms with Gasteiger partial charge in [-0.2, -0.15) is 0 Å². The second-order valence-corrected chi connectivity index (χ2v) is 3.93. The number of amides is 4. The van der Waals surface area contributed by atoms with Crippen molar-refractivity contribution in [1.82, 2.24) is 15.7 Å². The minimum Gasteiger partial charge on any atom is -0.273 e. The molecule has 0 radical (unpaired) electrons. The standard InChI is InChI=1S/C12H17N3O4/c1-4-6-8(14-19-7-5-2)9-10(16)13-12(18)15(3)11(9)17/h5,14H,2,4,6-7H2,1,3H3,(H,13,16,18)/b9-8+. The molecule has 0 saturated carbocycles. The quantitative estimate of drug-likeness (QED) is 0.240. The number of carbonyl (C=O) groups is 3. The normalized spacial score (nSPS) is 18.2. The van der Waals surface area contributed by atoms with E-state index in [0.29, 0.717) is 18.5 Å². The number of barbiturate groups is 1. The van der Waals surface area contributed by atoms with Crippen LogP contribution in [-0.4, -0.2) is 36.4 Å². The van der Waals surface area contributed by atoms with Crippen LogP contribution in [0, 0.1) is 0 Å². The SMILES string of the molecule is C=CCON/C(CCC)=C1\C(=O)NC(=O)N(C)C1=O. The molecule has 0 spiro atoms. The molecule has 4 amide bonds. The highest BCUT2D eigenvalue weighted by Crippen LogP contribution is 2.15. The molecule has 0 aromatic rings. The maximum Gasteiger partial charge on any atom is 0.331 e. The van der Waals surface area contributed by atoms with Crippen LogP contribution >= 0.6 is 0 Å². The van der Waals surface area contributed by atoms with E-state index in [1.807, 2.05) is 6.92 Å². The summed E-state index contributed by atoms with van der Waals surface area (Å²) in [5, 5.41) is 2.09. The number of nitrogens with one attached hydrogen (secondary N) is 2. The Morgan fingerprint density at radius 1 is 1.47 bits per heavy atom. The molecule has 1 rings (SSSR count). The van der Waals surface area contributed by atoms with Crippen LogP contribution in [0.4, 0.5) is 4.79 Å². The number of allylic oxidation sites excluding steroid dienone is 1. The molecule has 0 aliphatic carbocycles. The number of urea groups is 1. The van der Waals surface area contributed by atoms with Crippen LogP contribution in [0.1, 0.15) is 19.8 Å². The number of imide groups is 2. The second kappa shape index (κ2) is 6.69. The summed E-state index contributed by atoms with van der Waals surface area (Å²) in [5.74, 6) is -1.36. The van der Waals surface area contributed by atoms with Crippen LogP contribution in [-0.2, 0) is 14.4 Å². The zero-order chi connectivity index (χ0) is 14.4. The van der Waals surface area contributed by atoms with E-state index in [-0.39, 0.29) is 12.2 Å². The molecule has 7 nitrogen and oxygen atoms in total. The van der Waals surface area contributed by atoms with Crippen molar-refractivity contribution in [2.45, 2.75) is 19.8 Å². The third kappa shape index (κ3) is 3.41. The monoisotopic (exact) mass is 267 g/mol. The summed E-state index contributed by atoms with van der Waals surface area (Å²) in [5.41, 5.74) is 2.83. The third-order valence-electron chi connectivity index (χ3n) is 2.47. The number of nitrogens with zero attached hydrogens (tertiary/aromatic N) is 1. The van der Waals surface area contributed by atoms with Crippen LogP contribution in [0.25, 0.3) is 0 Å². The number of hydrogen-bond acceptors (Lipinski definition) is 5. The number of hydrogen-bond donors (Lipinski definition) is 2. The number of rotatable bonds is 6. The van der Waals surface area contributed by atoms with E-state index in [0.717, 1.165) is 4.90 Å². The van der Waals surface area contributed by atoms with Crippen LogP contribution in [0.2, 0.25) is 0 Å². The van der Waals surface area contributed by atoms with E-state index in [9.17, 15) is 14.4 Å². The maximum atomic E-state index is 12.0. The fourth-order valence-corrected chi connectivity index (χ4v) is 1.53. The van der Waals surface area contributed by atoms with Gasteiger partial charge in [0.15, 0.2) is 0 Å². The van der Waals surface area contributed by atoms with Crippen LogP contribution in [0.15, 0.2) is 23.9 Å². The number of hydroxylamine groups is 1. The summed E-state index contributed by atoms with van der Waals surface area (Å²) in [7, 11) is 1.30. The van der Waals surface area contributed by atoms with Crippen molar-refractivity contribution < 1.29 is 19.2 Å². The zero-order valence-electron chi connectivity index (χ0n) is 11.0. The van der Waals surface area contributed by atoms with Gasteiger partial charge in [-0.1, -0.05) is 19.4 Å². The Kier molecular flexibility index (Phi) is 5.25. The van der Waals surface area contributed by atoms with Gasteiger partial charge in [0.1, 0.15) is 5.57 Å². The van der Waals surface area contributed by atoms with Gasteiger partial charge >= 0.3 is 6.03 Å². The van der Waals surface area contributed by atoms with E-state index >= 15 is 0 Å². The van der Waals surface area contributed by atoms with Crippen molar-refractivity contribution in [3.63, 3.8) is 0 Å².